The van der Waals surface area contributed by atoms with Crippen LogP contribution in [0.2, 0.25) is 5.02 Å². The molecule has 0 bridgehead atoms. The molecule has 1 aromatic carbocycles. The van der Waals surface area contributed by atoms with Crippen molar-refractivity contribution in [1.29, 1.82) is 0 Å². The van der Waals surface area contributed by atoms with Crippen molar-refractivity contribution in [2.24, 2.45) is 0 Å². The van der Waals surface area contributed by atoms with E-state index in [0.29, 0.717) is 17.1 Å². The molecule has 0 saturated carbocycles. The van der Waals surface area contributed by atoms with Crippen molar-refractivity contribution in [3.8, 4) is 0 Å². The summed E-state index contributed by atoms with van der Waals surface area (Å²) in [6.45, 7) is 6.21. The predicted molar refractivity (Wildman–Crippen MR) is 94.6 cm³/mol. The topological polar surface area (TPSA) is 54.0 Å². The first-order valence-electron chi connectivity index (χ1n) is 6.91. The van der Waals surface area contributed by atoms with Gasteiger partial charge in [0.1, 0.15) is 11.6 Å². The van der Waals surface area contributed by atoms with E-state index in [1.165, 1.54) is 30.1 Å². The number of aromatic nitrogens is 1. The minimum Gasteiger partial charge on any atom is -0.322 e. The molecule has 2 aromatic rings. The molecule has 1 heterocycles. The largest absolute Gasteiger partial charge is 0.322 e. The first kappa shape index (κ1) is 17.6. The molecule has 0 fully saturated rings. The molecule has 0 unspecified atom stereocenters. The third-order valence-corrected chi connectivity index (χ3v) is 3.87. The summed E-state index contributed by atoms with van der Waals surface area (Å²) in [5, 5.41) is 2.63. The van der Waals surface area contributed by atoms with Gasteiger partial charge in [-0.1, -0.05) is 11.6 Å². The number of carbonyl (C=O) groups excluding carboxylic acids is 1. The molecular weight excluding hydrogens is 337 g/mol. The van der Waals surface area contributed by atoms with Gasteiger partial charge in [0.15, 0.2) is 0 Å². The quantitative estimate of drug-likeness (QED) is 0.761. The summed E-state index contributed by atoms with van der Waals surface area (Å²) < 4.78 is 16.3. The van der Waals surface area contributed by atoms with Gasteiger partial charge >= 0.3 is 0 Å². The van der Waals surface area contributed by atoms with Crippen molar-refractivity contribution in [3.05, 3.63) is 52.9 Å². The second kappa shape index (κ2) is 7.19. The van der Waals surface area contributed by atoms with Crippen molar-refractivity contribution in [2.45, 2.75) is 25.5 Å². The maximum absolute atomic E-state index is 13.1. The summed E-state index contributed by atoms with van der Waals surface area (Å²) in [6, 6.07) is 7.28. The predicted octanol–water partition coefficient (Wildman–Crippen LogP) is 4.99. The van der Waals surface area contributed by atoms with Crippen LogP contribution in [0.3, 0.4) is 0 Å². The number of hydrogen-bond acceptors (Lipinski definition) is 4. The number of halogens is 2. The number of benzene rings is 1. The van der Waals surface area contributed by atoms with Crippen LogP contribution in [-0.2, 0) is 0 Å². The third kappa shape index (κ3) is 5.41. The molecule has 2 rings (SSSR count). The van der Waals surface area contributed by atoms with E-state index in [0.717, 1.165) is 0 Å². The number of nitrogens with zero attached hydrogens (tertiary/aromatic N) is 1. The highest BCUT2D eigenvalue weighted by Gasteiger charge is 2.13. The zero-order chi connectivity index (χ0) is 17.0. The van der Waals surface area contributed by atoms with Crippen molar-refractivity contribution in [3.63, 3.8) is 0 Å². The number of anilines is 2. The lowest BCUT2D eigenvalue weighted by atomic mass is 10.2. The van der Waals surface area contributed by atoms with E-state index in [4.69, 9.17) is 11.6 Å². The number of rotatable bonds is 4. The van der Waals surface area contributed by atoms with Gasteiger partial charge in [0.2, 0.25) is 0 Å². The molecule has 122 valence electrons. The second-order valence-corrected chi connectivity index (χ2v) is 7.87. The molecule has 0 aliphatic heterocycles. The molecule has 0 aliphatic carbocycles. The van der Waals surface area contributed by atoms with Crippen LogP contribution < -0.4 is 10.0 Å². The molecule has 0 radical (unpaired) electrons. The molecule has 0 saturated heterocycles. The molecule has 2 N–H and O–H groups in total. The summed E-state index contributed by atoms with van der Waals surface area (Å²) >= 11 is 7.21. The van der Waals surface area contributed by atoms with Crippen LogP contribution in [-0.4, -0.2) is 15.6 Å². The standard InChI is InChI=1S/C16H17ClFN3OS/c1-16(2,3)23-21-14-8-10(6-7-19-14)15(22)20-11-4-5-13(18)12(17)9-11/h4-9H,1-3H3,(H,19,21)(H,20,22). The van der Waals surface area contributed by atoms with E-state index in [-0.39, 0.29) is 15.7 Å². The Morgan fingerprint density at radius 3 is 2.65 bits per heavy atom. The van der Waals surface area contributed by atoms with Crippen LogP contribution in [0.4, 0.5) is 15.9 Å². The van der Waals surface area contributed by atoms with Crippen molar-refractivity contribution < 1.29 is 9.18 Å². The fraction of sp³-hybridized carbons (Fsp3) is 0.250. The second-order valence-electron chi connectivity index (χ2n) is 5.83. The van der Waals surface area contributed by atoms with Crippen LogP contribution in [0.15, 0.2) is 36.5 Å². The van der Waals surface area contributed by atoms with E-state index in [1.807, 2.05) is 0 Å². The lowest BCUT2D eigenvalue weighted by molar-refractivity contribution is 0.102. The normalized spacial score (nSPS) is 11.2. The van der Waals surface area contributed by atoms with E-state index in [1.54, 1.807) is 18.3 Å². The van der Waals surface area contributed by atoms with E-state index in [2.05, 4.69) is 35.8 Å². The molecule has 1 amide bonds. The van der Waals surface area contributed by atoms with Crippen LogP contribution in [0, 0.1) is 5.82 Å². The molecule has 0 atom stereocenters. The third-order valence-electron chi connectivity index (χ3n) is 2.66. The van der Waals surface area contributed by atoms with Crippen molar-refractivity contribution >= 4 is 41.0 Å². The van der Waals surface area contributed by atoms with Gasteiger partial charge in [-0.3, -0.25) is 4.79 Å². The van der Waals surface area contributed by atoms with Crippen molar-refractivity contribution in [1.82, 2.24) is 4.98 Å². The Morgan fingerprint density at radius 1 is 1.26 bits per heavy atom. The average Bonchev–Trinajstić information content (AvgIpc) is 2.48. The van der Waals surface area contributed by atoms with E-state index < -0.39 is 5.82 Å². The molecule has 0 aliphatic rings. The summed E-state index contributed by atoms with van der Waals surface area (Å²) in [4.78, 5) is 16.4. The van der Waals surface area contributed by atoms with Crippen molar-refractivity contribution in [2.75, 3.05) is 10.0 Å². The first-order chi connectivity index (χ1) is 10.7. The van der Waals surface area contributed by atoms with Crippen LogP contribution in [0.25, 0.3) is 0 Å². The first-order valence-corrected chi connectivity index (χ1v) is 8.10. The number of hydrogen-bond donors (Lipinski definition) is 2. The Labute approximate surface area is 144 Å². The monoisotopic (exact) mass is 353 g/mol. The van der Waals surface area contributed by atoms with Gasteiger partial charge in [-0.25, -0.2) is 9.37 Å². The molecule has 1 aromatic heterocycles. The highest BCUT2D eigenvalue weighted by molar-refractivity contribution is 8.01. The van der Waals surface area contributed by atoms with Crippen LogP contribution in [0.1, 0.15) is 31.1 Å². The Bertz CT molecular complexity index is 719. The summed E-state index contributed by atoms with van der Waals surface area (Å²) in [5.41, 5.74) is 0.870. The van der Waals surface area contributed by atoms with E-state index in [9.17, 15) is 9.18 Å². The lowest BCUT2D eigenvalue weighted by Crippen LogP contribution is -2.14. The minimum absolute atomic E-state index is 0.0187. The Hall–Kier alpha value is -1.79. The van der Waals surface area contributed by atoms with Gasteiger partial charge in [-0.05, 0) is 63.1 Å². The van der Waals surface area contributed by atoms with Gasteiger partial charge in [0.05, 0.1) is 5.02 Å². The van der Waals surface area contributed by atoms with Crippen LogP contribution in [0.5, 0.6) is 0 Å². The Kier molecular flexibility index (Phi) is 5.49. The minimum atomic E-state index is -0.528. The number of amides is 1. The fourth-order valence-electron chi connectivity index (χ4n) is 1.61. The molecule has 4 nitrogen and oxygen atoms in total. The average molecular weight is 354 g/mol. The maximum atomic E-state index is 13.1. The van der Waals surface area contributed by atoms with Gasteiger partial charge in [0, 0.05) is 22.2 Å². The number of carbonyl (C=O) groups is 1. The molecule has 0 spiro atoms. The van der Waals surface area contributed by atoms with Gasteiger partial charge in [-0.2, -0.15) is 0 Å². The smallest absolute Gasteiger partial charge is 0.255 e. The lowest BCUT2D eigenvalue weighted by Gasteiger charge is -2.18. The molecule has 7 heteroatoms. The zero-order valence-corrected chi connectivity index (χ0v) is 14.6. The Balaban J connectivity index is 2.08. The van der Waals surface area contributed by atoms with Gasteiger partial charge in [0.25, 0.3) is 5.91 Å². The summed E-state index contributed by atoms with van der Waals surface area (Å²) in [7, 11) is 0. The molecular formula is C16H17ClFN3OS. The molecule has 23 heavy (non-hydrogen) atoms. The summed E-state index contributed by atoms with van der Waals surface area (Å²) in [6.07, 6.45) is 1.55. The SMILES string of the molecule is CC(C)(C)SNc1cc(C(=O)Nc2ccc(F)c(Cl)c2)ccn1. The van der Waals surface area contributed by atoms with Crippen LogP contribution >= 0.6 is 23.5 Å². The number of nitrogens with one attached hydrogen (secondary N) is 2. The Morgan fingerprint density at radius 2 is 2.00 bits per heavy atom. The number of pyridine rings is 1. The zero-order valence-electron chi connectivity index (χ0n) is 13.0. The maximum Gasteiger partial charge on any atom is 0.255 e. The van der Waals surface area contributed by atoms with Gasteiger partial charge < -0.3 is 10.0 Å². The highest BCUT2D eigenvalue weighted by Crippen LogP contribution is 2.25. The summed E-state index contributed by atoms with van der Waals surface area (Å²) in [5.74, 6) is -0.257. The van der Waals surface area contributed by atoms with E-state index >= 15 is 0 Å². The fourth-order valence-corrected chi connectivity index (χ4v) is 2.31. The van der Waals surface area contributed by atoms with Gasteiger partial charge in [-0.15, -0.1) is 0 Å². The highest BCUT2D eigenvalue weighted by atomic mass is 35.5.